The molecule has 6 nitrogen and oxygen atoms in total. The van der Waals surface area contributed by atoms with E-state index in [0.717, 1.165) is 6.42 Å². The molecule has 0 spiro atoms. The van der Waals surface area contributed by atoms with Gasteiger partial charge in [-0.3, -0.25) is 4.79 Å². The number of ether oxygens (including phenoxy) is 1. The van der Waals surface area contributed by atoms with Crippen LogP contribution in [0.25, 0.3) is 0 Å². The second-order valence-corrected chi connectivity index (χ2v) is 5.87. The molecule has 0 fully saturated rings. The molecule has 0 saturated heterocycles. The molecule has 0 aliphatic carbocycles. The Bertz CT molecular complexity index is 314. The Hall–Kier alpha value is -0.950. The van der Waals surface area contributed by atoms with Gasteiger partial charge < -0.3 is 24.5 Å². The van der Waals surface area contributed by atoms with E-state index < -0.39 is 5.97 Å². The Morgan fingerprint density at radius 1 is 1.04 bits per heavy atom. The lowest BCUT2D eigenvalue weighted by Crippen LogP contribution is -2.54. The molecule has 0 rings (SSSR count). The Morgan fingerprint density at radius 2 is 1.74 bits per heavy atom. The van der Waals surface area contributed by atoms with E-state index in [1.165, 1.54) is 19.3 Å². The lowest BCUT2D eigenvalue weighted by Gasteiger charge is -2.37. The summed E-state index contributed by atoms with van der Waals surface area (Å²) in [6, 6.07) is 0. The Balaban J connectivity index is 4.13. The SMILES string of the molecule is CCCCC/C=C/COCC[N+](CCO)(CCO)CCC(=O)O. The van der Waals surface area contributed by atoms with Gasteiger partial charge in [-0.1, -0.05) is 31.9 Å². The predicted molar refractivity (Wildman–Crippen MR) is 90.3 cm³/mol. The van der Waals surface area contributed by atoms with Crippen LogP contribution in [0.3, 0.4) is 0 Å². The monoisotopic (exact) mass is 332 g/mol. The standard InChI is InChI=1S/C17H33NO5/c1-2-3-4-5-6-7-15-23-16-12-18(10-13-19,11-14-20)9-8-17(21)22/h6-7,19-20H,2-5,8-16H2,1H3/p+1/b7-6+. The van der Waals surface area contributed by atoms with E-state index in [-0.39, 0.29) is 19.6 Å². The van der Waals surface area contributed by atoms with Crippen LogP contribution in [-0.4, -0.2) is 78.4 Å². The fourth-order valence-electron chi connectivity index (χ4n) is 2.54. The third kappa shape index (κ3) is 12.2. The number of aliphatic carboxylic acids is 1. The minimum absolute atomic E-state index is 0.0251. The maximum Gasteiger partial charge on any atom is 0.309 e. The normalized spacial score (nSPS) is 12.1. The zero-order valence-electron chi connectivity index (χ0n) is 14.5. The van der Waals surface area contributed by atoms with Crippen LogP contribution < -0.4 is 0 Å². The minimum atomic E-state index is -0.862. The van der Waals surface area contributed by atoms with Gasteiger partial charge in [0, 0.05) is 0 Å². The zero-order chi connectivity index (χ0) is 17.4. The summed E-state index contributed by atoms with van der Waals surface area (Å²) in [5.41, 5.74) is 0. The molecular weight excluding hydrogens is 298 g/mol. The Labute approximate surface area is 140 Å². The van der Waals surface area contributed by atoms with Gasteiger partial charge in [0.1, 0.15) is 19.6 Å². The predicted octanol–water partition coefficient (Wildman–Crippen LogP) is 1.42. The number of rotatable bonds is 16. The summed E-state index contributed by atoms with van der Waals surface area (Å²) in [4.78, 5) is 10.8. The van der Waals surface area contributed by atoms with E-state index in [9.17, 15) is 15.0 Å². The molecule has 0 aromatic heterocycles. The average Bonchev–Trinajstić information content (AvgIpc) is 2.52. The molecule has 0 saturated carbocycles. The lowest BCUT2D eigenvalue weighted by molar-refractivity contribution is -0.928. The van der Waals surface area contributed by atoms with Crippen LogP contribution in [0.15, 0.2) is 12.2 Å². The molecule has 0 aliphatic rings. The number of allylic oxidation sites excluding steroid dienone is 1. The summed E-state index contributed by atoms with van der Waals surface area (Å²) in [5.74, 6) is -0.862. The first-order valence-electron chi connectivity index (χ1n) is 8.61. The number of unbranched alkanes of at least 4 members (excludes halogenated alkanes) is 3. The van der Waals surface area contributed by atoms with Crippen molar-refractivity contribution in [1.29, 1.82) is 0 Å². The van der Waals surface area contributed by atoms with Gasteiger partial charge >= 0.3 is 5.97 Å². The van der Waals surface area contributed by atoms with Crippen molar-refractivity contribution in [3.8, 4) is 0 Å². The van der Waals surface area contributed by atoms with E-state index in [1.807, 2.05) is 6.08 Å². The summed E-state index contributed by atoms with van der Waals surface area (Å²) < 4.78 is 5.96. The second-order valence-electron chi connectivity index (χ2n) is 5.87. The average molecular weight is 332 g/mol. The second kappa shape index (κ2) is 14.6. The highest BCUT2D eigenvalue weighted by molar-refractivity contribution is 5.66. The minimum Gasteiger partial charge on any atom is -0.481 e. The molecule has 0 atom stereocenters. The van der Waals surface area contributed by atoms with Crippen molar-refractivity contribution >= 4 is 5.97 Å². The van der Waals surface area contributed by atoms with Gasteiger partial charge in [0.25, 0.3) is 0 Å². The molecule has 136 valence electrons. The first-order valence-corrected chi connectivity index (χ1v) is 8.61. The molecule has 0 aromatic rings. The fraction of sp³-hybridized carbons (Fsp3) is 0.824. The van der Waals surface area contributed by atoms with E-state index >= 15 is 0 Å². The molecule has 3 N–H and O–H groups in total. The van der Waals surface area contributed by atoms with E-state index in [1.54, 1.807) is 0 Å². The van der Waals surface area contributed by atoms with E-state index in [4.69, 9.17) is 9.84 Å². The lowest BCUT2D eigenvalue weighted by atomic mass is 10.2. The molecule has 0 unspecified atom stereocenters. The van der Waals surface area contributed by atoms with Crippen LogP contribution in [0.1, 0.15) is 39.0 Å². The first-order chi connectivity index (χ1) is 11.1. The first kappa shape index (κ1) is 22.1. The number of nitrogens with zero attached hydrogens (tertiary/aromatic N) is 1. The van der Waals surface area contributed by atoms with Crippen molar-refractivity contribution in [1.82, 2.24) is 0 Å². The number of hydrogen-bond donors (Lipinski definition) is 3. The number of hydrogen-bond acceptors (Lipinski definition) is 4. The Morgan fingerprint density at radius 3 is 2.30 bits per heavy atom. The van der Waals surface area contributed by atoms with Gasteiger partial charge in [0.15, 0.2) is 0 Å². The topological polar surface area (TPSA) is 87.0 Å². The molecule has 23 heavy (non-hydrogen) atoms. The summed E-state index contributed by atoms with van der Waals surface area (Å²) in [7, 11) is 0. The highest BCUT2D eigenvalue weighted by Crippen LogP contribution is 2.08. The number of carboxylic acids is 1. The van der Waals surface area contributed by atoms with Crippen molar-refractivity contribution in [2.75, 3.05) is 52.6 Å². The summed E-state index contributed by atoms with van der Waals surface area (Å²) in [6.45, 7) is 5.01. The highest BCUT2D eigenvalue weighted by Gasteiger charge is 2.27. The summed E-state index contributed by atoms with van der Waals surface area (Å²) in [6.07, 6.45) is 8.91. The Kier molecular flexibility index (Phi) is 14.0. The molecular formula is C17H34NO5+. The van der Waals surface area contributed by atoms with Gasteiger partial charge in [-0.25, -0.2) is 0 Å². The van der Waals surface area contributed by atoms with Crippen molar-refractivity contribution < 1.29 is 29.3 Å². The van der Waals surface area contributed by atoms with E-state index in [0.29, 0.717) is 43.9 Å². The van der Waals surface area contributed by atoms with Gasteiger partial charge in [-0.05, 0) is 12.8 Å². The van der Waals surface area contributed by atoms with Crippen molar-refractivity contribution in [3.63, 3.8) is 0 Å². The number of carbonyl (C=O) groups is 1. The maximum absolute atomic E-state index is 10.8. The fourth-order valence-corrected chi connectivity index (χ4v) is 2.54. The largest absolute Gasteiger partial charge is 0.481 e. The van der Waals surface area contributed by atoms with Gasteiger partial charge in [-0.15, -0.1) is 0 Å². The molecule has 0 aromatic carbocycles. The zero-order valence-corrected chi connectivity index (χ0v) is 14.5. The van der Waals surface area contributed by atoms with Crippen LogP contribution in [0, 0.1) is 0 Å². The third-order valence-electron chi connectivity index (χ3n) is 4.01. The van der Waals surface area contributed by atoms with Crippen LogP contribution in [0.4, 0.5) is 0 Å². The molecule has 0 radical (unpaired) electrons. The summed E-state index contributed by atoms with van der Waals surface area (Å²) in [5, 5.41) is 27.3. The van der Waals surface area contributed by atoms with Crippen LogP contribution in [-0.2, 0) is 9.53 Å². The number of aliphatic hydroxyl groups excluding tert-OH is 2. The number of quaternary nitrogens is 1. The quantitative estimate of drug-likeness (QED) is 0.226. The molecule has 0 aliphatic heterocycles. The van der Waals surface area contributed by atoms with Crippen LogP contribution in [0.5, 0.6) is 0 Å². The summed E-state index contributed by atoms with van der Waals surface area (Å²) >= 11 is 0. The van der Waals surface area contributed by atoms with Gasteiger partial charge in [0.05, 0.1) is 39.4 Å². The van der Waals surface area contributed by atoms with Crippen molar-refractivity contribution in [3.05, 3.63) is 12.2 Å². The molecule has 0 amide bonds. The molecule has 0 bridgehead atoms. The van der Waals surface area contributed by atoms with Crippen LogP contribution >= 0.6 is 0 Å². The molecule has 0 heterocycles. The van der Waals surface area contributed by atoms with Gasteiger partial charge in [0.2, 0.25) is 0 Å². The van der Waals surface area contributed by atoms with Crippen LogP contribution in [0.2, 0.25) is 0 Å². The smallest absolute Gasteiger partial charge is 0.309 e. The third-order valence-corrected chi connectivity index (χ3v) is 4.01. The maximum atomic E-state index is 10.8. The number of carboxylic acid groups (broad SMARTS) is 1. The highest BCUT2D eigenvalue weighted by atomic mass is 16.5. The van der Waals surface area contributed by atoms with Gasteiger partial charge in [-0.2, -0.15) is 0 Å². The van der Waals surface area contributed by atoms with Crippen molar-refractivity contribution in [2.45, 2.75) is 39.0 Å². The van der Waals surface area contributed by atoms with Crippen molar-refractivity contribution in [2.24, 2.45) is 0 Å². The van der Waals surface area contributed by atoms with E-state index in [2.05, 4.69) is 13.0 Å². The molecule has 6 heteroatoms. The number of aliphatic hydroxyl groups is 2.